The number of benzene rings is 2. The Balaban J connectivity index is 1.77. The van der Waals surface area contributed by atoms with E-state index in [1.165, 1.54) is 23.3 Å². The smallest absolute Gasteiger partial charge is 0.309 e. The Bertz CT molecular complexity index is 753. The van der Waals surface area contributed by atoms with Gasteiger partial charge in [-0.3, -0.25) is 0 Å². The highest BCUT2D eigenvalue weighted by molar-refractivity contribution is 5.66. The lowest BCUT2D eigenvalue weighted by Gasteiger charge is -2.18. The summed E-state index contributed by atoms with van der Waals surface area (Å²) in [6.07, 6.45) is -1.26. The van der Waals surface area contributed by atoms with Gasteiger partial charge in [0.25, 0.3) is 0 Å². The van der Waals surface area contributed by atoms with Crippen LogP contribution in [-0.2, 0) is 6.18 Å². The second-order valence-corrected chi connectivity index (χ2v) is 6.03. The van der Waals surface area contributed by atoms with Gasteiger partial charge in [0.15, 0.2) is 0 Å². The third-order valence-corrected chi connectivity index (χ3v) is 4.03. The minimum Gasteiger partial charge on any atom is -0.309 e. The Labute approximate surface area is 139 Å². The van der Waals surface area contributed by atoms with Crippen LogP contribution in [0.1, 0.15) is 17.5 Å². The quantitative estimate of drug-likeness (QED) is 0.737. The summed E-state index contributed by atoms with van der Waals surface area (Å²) in [5, 5.41) is 3.30. The predicted molar refractivity (Wildman–Crippen MR) is 91.5 cm³/mol. The molecule has 0 aliphatic carbocycles. The van der Waals surface area contributed by atoms with Gasteiger partial charge in [-0.05, 0) is 35.2 Å². The lowest BCUT2D eigenvalue weighted by atomic mass is 9.98. The van der Waals surface area contributed by atoms with Crippen LogP contribution in [0.4, 0.5) is 13.2 Å². The molecule has 1 aliphatic heterocycles. The van der Waals surface area contributed by atoms with Crippen LogP contribution in [-0.4, -0.2) is 13.1 Å². The second-order valence-electron chi connectivity index (χ2n) is 6.03. The van der Waals surface area contributed by atoms with Gasteiger partial charge < -0.3 is 5.32 Å². The molecule has 1 nitrogen and oxygen atoms in total. The van der Waals surface area contributed by atoms with Crippen molar-refractivity contribution in [3.63, 3.8) is 0 Å². The fraction of sp³-hybridized carbons (Fsp3) is 0.200. The molecule has 2 aromatic carbocycles. The Hall–Kier alpha value is -2.33. The third kappa shape index (κ3) is 3.95. The molecule has 0 saturated carbocycles. The number of alkyl halides is 3. The Morgan fingerprint density at radius 3 is 2.00 bits per heavy atom. The fourth-order valence-electron chi connectivity index (χ4n) is 2.81. The number of rotatable bonds is 2. The van der Waals surface area contributed by atoms with Crippen molar-refractivity contribution in [2.45, 2.75) is 12.6 Å². The largest absolute Gasteiger partial charge is 0.416 e. The second kappa shape index (κ2) is 6.65. The first-order chi connectivity index (χ1) is 11.4. The van der Waals surface area contributed by atoms with Crippen LogP contribution in [0, 0.1) is 0 Å². The Morgan fingerprint density at radius 1 is 0.875 bits per heavy atom. The molecule has 1 heterocycles. The highest BCUT2D eigenvalue weighted by Crippen LogP contribution is 2.31. The van der Waals surface area contributed by atoms with Gasteiger partial charge in [0, 0.05) is 13.1 Å². The standard InChI is InChI=1S/C20H18F3N/c1-14-10-16(13-24-12-14)11-15-2-4-17(5-3-15)18-6-8-19(9-7-18)20(21,22)23/h2-9,11,24H,1,10,12-13H2. The lowest BCUT2D eigenvalue weighted by Crippen LogP contribution is -2.25. The van der Waals surface area contributed by atoms with E-state index < -0.39 is 11.7 Å². The summed E-state index contributed by atoms with van der Waals surface area (Å²) in [7, 11) is 0. The topological polar surface area (TPSA) is 12.0 Å². The number of halogens is 3. The van der Waals surface area contributed by atoms with Crippen molar-refractivity contribution < 1.29 is 13.2 Å². The molecule has 3 rings (SSSR count). The molecule has 0 unspecified atom stereocenters. The predicted octanol–water partition coefficient (Wildman–Crippen LogP) is 5.31. The summed E-state index contributed by atoms with van der Waals surface area (Å²) in [5.41, 5.74) is 4.59. The van der Waals surface area contributed by atoms with E-state index in [1.54, 1.807) is 0 Å². The number of nitrogens with one attached hydrogen (secondary N) is 1. The SMILES string of the molecule is C=C1CNCC(=Cc2ccc(-c3ccc(C(F)(F)F)cc3)cc2)C1. The van der Waals surface area contributed by atoms with E-state index in [1.807, 2.05) is 24.3 Å². The van der Waals surface area contributed by atoms with E-state index in [0.717, 1.165) is 48.3 Å². The van der Waals surface area contributed by atoms with Crippen molar-refractivity contribution >= 4 is 6.08 Å². The van der Waals surface area contributed by atoms with Crippen molar-refractivity contribution in [1.29, 1.82) is 0 Å². The zero-order valence-electron chi connectivity index (χ0n) is 13.2. The Kier molecular flexibility index (Phi) is 4.58. The molecule has 1 fully saturated rings. The average Bonchev–Trinajstić information content (AvgIpc) is 2.55. The van der Waals surface area contributed by atoms with Gasteiger partial charge in [-0.2, -0.15) is 13.2 Å². The first-order valence-corrected chi connectivity index (χ1v) is 7.76. The van der Waals surface area contributed by atoms with Crippen LogP contribution >= 0.6 is 0 Å². The minimum absolute atomic E-state index is 0.627. The van der Waals surface area contributed by atoms with Gasteiger partial charge in [-0.15, -0.1) is 0 Å². The summed E-state index contributed by atoms with van der Waals surface area (Å²) in [4.78, 5) is 0. The molecule has 0 spiro atoms. The molecule has 0 radical (unpaired) electrons. The van der Waals surface area contributed by atoms with Gasteiger partial charge in [-0.25, -0.2) is 0 Å². The molecule has 0 aromatic heterocycles. The van der Waals surface area contributed by atoms with Gasteiger partial charge in [0.2, 0.25) is 0 Å². The summed E-state index contributed by atoms with van der Waals surface area (Å²) in [6, 6.07) is 13.1. The zero-order chi connectivity index (χ0) is 17.2. The first kappa shape index (κ1) is 16.5. The lowest BCUT2D eigenvalue weighted by molar-refractivity contribution is -0.137. The molecule has 124 valence electrons. The van der Waals surface area contributed by atoms with Crippen LogP contribution in [0.5, 0.6) is 0 Å². The van der Waals surface area contributed by atoms with Crippen molar-refractivity contribution in [2.75, 3.05) is 13.1 Å². The van der Waals surface area contributed by atoms with Crippen LogP contribution < -0.4 is 5.32 Å². The number of hydrogen-bond donors (Lipinski definition) is 1. The molecule has 1 saturated heterocycles. The van der Waals surface area contributed by atoms with Gasteiger partial charge >= 0.3 is 6.18 Å². The molecular weight excluding hydrogens is 311 g/mol. The van der Waals surface area contributed by atoms with Gasteiger partial charge in [0.1, 0.15) is 0 Å². The molecule has 1 N–H and O–H groups in total. The fourth-order valence-corrected chi connectivity index (χ4v) is 2.81. The van der Waals surface area contributed by atoms with Crippen molar-refractivity contribution in [1.82, 2.24) is 5.32 Å². The summed E-state index contributed by atoms with van der Waals surface area (Å²) >= 11 is 0. The maximum Gasteiger partial charge on any atom is 0.416 e. The average molecular weight is 329 g/mol. The maximum atomic E-state index is 12.6. The molecular formula is C20H18F3N. The zero-order valence-corrected chi connectivity index (χ0v) is 13.2. The Morgan fingerprint density at radius 2 is 1.46 bits per heavy atom. The number of hydrogen-bond acceptors (Lipinski definition) is 1. The highest BCUT2D eigenvalue weighted by Gasteiger charge is 2.29. The molecule has 4 heteroatoms. The summed E-state index contributed by atoms with van der Waals surface area (Å²) in [5.74, 6) is 0. The summed E-state index contributed by atoms with van der Waals surface area (Å²) in [6.45, 7) is 5.73. The van der Waals surface area contributed by atoms with E-state index in [0.29, 0.717) is 0 Å². The molecule has 2 aromatic rings. The minimum atomic E-state index is -4.30. The normalized spacial score (nSPS) is 17.3. The molecule has 1 aliphatic rings. The number of piperidine rings is 1. The van der Waals surface area contributed by atoms with E-state index >= 15 is 0 Å². The van der Waals surface area contributed by atoms with Crippen LogP contribution in [0.25, 0.3) is 17.2 Å². The first-order valence-electron chi connectivity index (χ1n) is 7.76. The van der Waals surface area contributed by atoms with E-state index in [4.69, 9.17) is 0 Å². The van der Waals surface area contributed by atoms with Crippen molar-refractivity contribution in [3.05, 3.63) is 77.4 Å². The summed E-state index contributed by atoms with van der Waals surface area (Å²) < 4.78 is 37.8. The van der Waals surface area contributed by atoms with Crippen LogP contribution in [0.2, 0.25) is 0 Å². The van der Waals surface area contributed by atoms with E-state index in [2.05, 4.69) is 18.0 Å². The van der Waals surface area contributed by atoms with Crippen LogP contribution in [0.15, 0.2) is 66.3 Å². The monoisotopic (exact) mass is 329 g/mol. The van der Waals surface area contributed by atoms with E-state index in [9.17, 15) is 13.2 Å². The van der Waals surface area contributed by atoms with Crippen LogP contribution in [0.3, 0.4) is 0 Å². The van der Waals surface area contributed by atoms with Crippen molar-refractivity contribution in [2.24, 2.45) is 0 Å². The highest BCUT2D eigenvalue weighted by atomic mass is 19.4. The van der Waals surface area contributed by atoms with Gasteiger partial charge in [0.05, 0.1) is 5.56 Å². The molecule has 0 atom stereocenters. The third-order valence-electron chi connectivity index (χ3n) is 4.03. The molecule has 24 heavy (non-hydrogen) atoms. The maximum absolute atomic E-state index is 12.6. The molecule has 0 amide bonds. The molecule has 0 bridgehead atoms. The van der Waals surface area contributed by atoms with E-state index in [-0.39, 0.29) is 0 Å². The van der Waals surface area contributed by atoms with Crippen molar-refractivity contribution in [3.8, 4) is 11.1 Å². The van der Waals surface area contributed by atoms with Gasteiger partial charge in [-0.1, -0.05) is 60.2 Å².